The number of halogens is 2. The van der Waals surface area contributed by atoms with Gasteiger partial charge in [-0.15, -0.1) is 0 Å². The van der Waals surface area contributed by atoms with E-state index in [9.17, 15) is 18.7 Å². The Bertz CT molecular complexity index is 601. The van der Waals surface area contributed by atoms with Crippen LogP contribution in [-0.4, -0.2) is 47.1 Å². The third-order valence-electron chi connectivity index (χ3n) is 4.92. The molecular formula is C17H21F2NO3. The van der Waals surface area contributed by atoms with Crippen LogP contribution in [0.4, 0.5) is 8.78 Å². The number of amides is 1. The third-order valence-corrected chi connectivity index (χ3v) is 4.92. The molecule has 2 fully saturated rings. The van der Waals surface area contributed by atoms with Crippen LogP contribution < -0.4 is 0 Å². The molecule has 0 radical (unpaired) electrons. The zero-order valence-corrected chi connectivity index (χ0v) is 13.1. The molecule has 1 aromatic rings. The lowest BCUT2D eigenvalue weighted by atomic mass is 9.75. The van der Waals surface area contributed by atoms with E-state index in [0.29, 0.717) is 6.42 Å². The van der Waals surface area contributed by atoms with E-state index in [2.05, 4.69) is 0 Å². The number of aryl methyl sites for hydroxylation is 1. The van der Waals surface area contributed by atoms with Gasteiger partial charge in [-0.05, 0) is 37.3 Å². The van der Waals surface area contributed by atoms with Gasteiger partial charge in [-0.2, -0.15) is 8.78 Å². The van der Waals surface area contributed by atoms with E-state index in [1.807, 2.05) is 31.2 Å². The molecule has 1 atom stereocenters. The summed E-state index contributed by atoms with van der Waals surface area (Å²) < 4.78 is 34.4. The molecule has 1 saturated heterocycles. The number of hydrogen-bond donors (Lipinski definition) is 1. The van der Waals surface area contributed by atoms with Crippen LogP contribution in [0.3, 0.4) is 0 Å². The van der Waals surface area contributed by atoms with Crippen molar-refractivity contribution in [1.82, 2.24) is 4.90 Å². The average molecular weight is 325 g/mol. The zero-order chi connectivity index (χ0) is 16.7. The van der Waals surface area contributed by atoms with Crippen molar-refractivity contribution in [2.75, 3.05) is 19.7 Å². The normalized spacial score (nSPS) is 24.2. The highest BCUT2D eigenvalue weighted by molar-refractivity contribution is 5.85. The zero-order valence-electron chi connectivity index (χ0n) is 13.1. The number of ether oxygens (including phenoxy) is 1. The Labute approximate surface area is 134 Å². The Balaban J connectivity index is 1.76. The highest BCUT2D eigenvalue weighted by Gasteiger charge is 2.62. The maximum atomic E-state index is 14.4. The minimum Gasteiger partial charge on any atom is -0.383 e. The van der Waals surface area contributed by atoms with Crippen LogP contribution in [0.15, 0.2) is 24.3 Å². The number of benzene rings is 1. The summed E-state index contributed by atoms with van der Waals surface area (Å²) >= 11 is 0. The Hall–Kier alpha value is -1.53. The number of hydrogen-bond acceptors (Lipinski definition) is 3. The summed E-state index contributed by atoms with van der Waals surface area (Å²) in [6, 6.07) is 7.56. The molecule has 6 heteroatoms. The van der Waals surface area contributed by atoms with E-state index >= 15 is 0 Å². The third kappa shape index (κ3) is 2.74. The smallest absolute Gasteiger partial charge is 0.352 e. The average Bonchev–Trinajstić information content (AvgIpc) is 2.52. The fourth-order valence-corrected chi connectivity index (χ4v) is 3.19. The van der Waals surface area contributed by atoms with Gasteiger partial charge in [-0.3, -0.25) is 4.79 Å². The van der Waals surface area contributed by atoms with Crippen molar-refractivity contribution in [3.63, 3.8) is 0 Å². The van der Waals surface area contributed by atoms with Gasteiger partial charge in [0.2, 0.25) is 0 Å². The van der Waals surface area contributed by atoms with Gasteiger partial charge in [0.25, 0.3) is 5.91 Å². The second-order valence-electron chi connectivity index (χ2n) is 6.43. The van der Waals surface area contributed by atoms with Crippen LogP contribution in [0, 0.1) is 6.92 Å². The van der Waals surface area contributed by atoms with Crippen LogP contribution >= 0.6 is 0 Å². The fraction of sp³-hybridized carbons (Fsp3) is 0.588. The number of alkyl halides is 2. The van der Waals surface area contributed by atoms with Crippen molar-refractivity contribution in [2.45, 2.75) is 43.8 Å². The summed E-state index contributed by atoms with van der Waals surface area (Å²) in [6.45, 7) is 2.33. The van der Waals surface area contributed by atoms with E-state index in [1.165, 1.54) is 0 Å². The van der Waals surface area contributed by atoms with Crippen molar-refractivity contribution in [3.05, 3.63) is 35.4 Å². The van der Waals surface area contributed by atoms with Crippen molar-refractivity contribution in [3.8, 4) is 0 Å². The summed E-state index contributed by atoms with van der Waals surface area (Å²) in [6.07, 6.45) is 0.0452. The SMILES string of the molecule is Cc1ccccc1C1CN(C(=O)C(F)(F)C2(O)CCC2)CCO1. The van der Waals surface area contributed by atoms with Gasteiger partial charge in [0.1, 0.15) is 11.7 Å². The molecule has 126 valence electrons. The first-order chi connectivity index (χ1) is 10.8. The molecule has 0 aromatic heterocycles. The fourth-order valence-electron chi connectivity index (χ4n) is 3.19. The maximum absolute atomic E-state index is 14.4. The molecular weight excluding hydrogens is 304 g/mol. The molecule has 4 nitrogen and oxygen atoms in total. The topological polar surface area (TPSA) is 49.8 Å². The van der Waals surface area contributed by atoms with E-state index in [-0.39, 0.29) is 32.5 Å². The molecule has 23 heavy (non-hydrogen) atoms. The Morgan fingerprint density at radius 2 is 2.09 bits per heavy atom. The second-order valence-corrected chi connectivity index (χ2v) is 6.43. The summed E-state index contributed by atoms with van der Waals surface area (Å²) in [5.41, 5.74) is -0.285. The first-order valence-corrected chi connectivity index (χ1v) is 7.92. The van der Waals surface area contributed by atoms with E-state index in [1.54, 1.807) is 0 Å². The minimum absolute atomic E-state index is 0.0305. The maximum Gasteiger partial charge on any atom is 0.352 e. The van der Waals surface area contributed by atoms with E-state index in [0.717, 1.165) is 16.0 Å². The van der Waals surface area contributed by atoms with E-state index < -0.39 is 23.5 Å². The Kier molecular flexibility index (Phi) is 4.14. The predicted molar refractivity (Wildman–Crippen MR) is 80.2 cm³/mol. The molecule has 1 aromatic carbocycles. The molecule has 0 bridgehead atoms. The second kappa shape index (κ2) is 5.83. The summed E-state index contributed by atoms with van der Waals surface area (Å²) in [5, 5.41) is 9.94. The molecule has 1 amide bonds. The first kappa shape index (κ1) is 16.3. The van der Waals surface area contributed by atoms with Crippen molar-refractivity contribution < 1.29 is 23.4 Å². The summed E-state index contributed by atoms with van der Waals surface area (Å²) in [4.78, 5) is 13.4. The molecule has 1 heterocycles. The molecule has 1 unspecified atom stereocenters. The number of morpholine rings is 1. The van der Waals surface area contributed by atoms with Crippen LogP contribution in [0.5, 0.6) is 0 Å². The van der Waals surface area contributed by atoms with E-state index in [4.69, 9.17) is 4.74 Å². The van der Waals surface area contributed by atoms with Crippen LogP contribution in [0.25, 0.3) is 0 Å². The highest BCUT2D eigenvalue weighted by atomic mass is 19.3. The highest BCUT2D eigenvalue weighted by Crippen LogP contribution is 2.45. The Morgan fingerprint density at radius 3 is 2.70 bits per heavy atom. The van der Waals surface area contributed by atoms with Crippen LogP contribution in [-0.2, 0) is 9.53 Å². The minimum atomic E-state index is -3.74. The molecule has 2 aliphatic rings. The van der Waals surface area contributed by atoms with Gasteiger partial charge >= 0.3 is 5.92 Å². The van der Waals surface area contributed by atoms with Gasteiger partial charge in [0.05, 0.1) is 13.2 Å². The summed E-state index contributed by atoms with van der Waals surface area (Å²) in [5.74, 6) is -5.03. The van der Waals surface area contributed by atoms with Crippen molar-refractivity contribution in [1.29, 1.82) is 0 Å². The number of rotatable bonds is 3. The largest absolute Gasteiger partial charge is 0.383 e. The molecule has 3 rings (SSSR count). The molecule has 1 saturated carbocycles. The lowest BCUT2D eigenvalue weighted by Crippen LogP contribution is -2.62. The number of nitrogens with zero attached hydrogens (tertiary/aromatic N) is 1. The number of carbonyl (C=O) groups is 1. The van der Waals surface area contributed by atoms with Crippen LogP contribution in [0.1, 0.15) is 36.5 Å². The number of carbonyl (C=O) groups excluding carboxylic acids is 1. The van der Waals surface area contributed by atoms with Crippen molar-refractivity contribution >= 4 is 5.91 Å². The lowest BCUT2D eigenvalue weighted by Gasteiger charge is -2.44. The van der Waals surface area contributed by atoms with Gasteiger partial charge in [-0.25, -0.2) is 0 Å². The number of aliphatic hydroxyl groups is 1. The molecule has 0 spiro atoms. The predicted octanol–water partition coefficient (Wildman–Crippen LogP) is 2.45. The van der Waals surface area contributed by atoms with Gasteiger partial charge in [-0.1, -0.05) is 24.3 Å². The summed E-state index contributed by atoms with van der Waals surface area (Å²) in [7, 11) is 0. The Morgan fingerprint density at radius 1 is 1.39 bits per heavy atom. The monoisotopic (exact) mass is 325 g/mol. The lowest BCUT2D eigenvalue weighted by molar-refractivity contribution is -0.226. The quantitative estimate of drug-likeness (QED) is 0.929. The first-order valence-electron chi connectivity index (χ1n) is 7.92. The molecule has 1 N–H and O–H groups in total. The van der Waals surface area contributed by atoms with Crippen LogP contribution in [0.2, 0.25) is 0 Å². The standard InChI is InChI=1S/C17H21F2NO3/c1-12-5-2-3-6-13(12)14-11-20(9-10-23-14)15(21)17(18,19)16(22)7-4-8-16/h2-3,5-6,14,22H,4,7-11H2,1H3. The van der Waals surface area contributed by atoms with Gasteiger partial charge in [0.15, 0.2) is 0 Å². The molecule has 1 aliphatic carbocycles. The van der Waals surface area contributed by atoms with Gasteiger partial charge < -0.3 is 14.7 Å². The molecule has 1 aliphatic heterocycles. The van der Waals surface area contributed by atoms with Crippen molar-refractivity contribution in [2.24, 2.45) is 0 Å². The van der Waals surface area contributed by atoms with Gasteiger partial charge in [0, 0.05) is 6.54 Å².